The molecule has 0 radical (unpaired) electrons. The molecule has 0 amide bonds. The molecule has 0 aromatic heterocycles. The Hall–Kier alpha value is -0.930. The van der Waals surface area contributed by atoms with Gasteiger partial charge in [-0.3, -0.25) is 0 Å². The van der Waals surface area contributed by atoms with E-state index in [1.165, 1.54) is 6.07 Å². The minimum absolute atomic E-state index is 0.0533. The third-order valence-electron chi connectivity index (χ3n) is 3.15. The quantitative estimate of drug-likeness (QED) is 0.855. The van der Waals surface area contributed by atoms with Gasteiger partial charge in [0.25, 0.3) is 0 Å². The van der Waals surface area contributed by atoms with E-state index in [0.29, 0.717) is 5.56 Å². The van der Waals surface area contributed by atoms with Crippen molar-refractivity contribution < 1.29 is 9.13 Å². The maximum Gasteiger partial charge on any atom is 0.126 e. The summed E-state index contributed by atoms with van der Waals surface area (Å²) in [6, 6.07) is 5.03. The van der Waals surface area contributed by atoms with E-state index < -0.39 is 0 Å². The number of aryl methyl sites for hydroxylation is 1. The van der Waals surface area contributed by atoms with Crippen LogP contribution in [0, 0.1) is 12.7 Å². The Morgan fingerprint density at radius 3 is 3.00 bits per heavy atom. The fourth-order valence-electron chi connectivity index (χ4n) is 2.15. The molecule has 1 aromatic carbocycles. The predicted molar refractivity (Wildman–Crippen MR) is 61.7 cm³/mol. The van der Waals surface area contributed by atoms with E-state index in [0.717, 1.165) is 31.4 Å². The smallest absolute Gasteiger partial charge is 0.126 e. The third kappa shape index (κ3) is 2.60. The van der Waals surface area contributed by atoms with E-state index in [9.17, 15) is 4.39 Å². The fourth-order valence-corrected chi connectivity index (χ4v) is 2.15. The molecule has 0 spiro atoms. The molecule has 1 aliphatic heterocycles. The van der Waals surface area contributed by atoms with Crippen LogP contribution in [-0.2, 0) is 4.74 Å². The first-order valence-electron chi connectivity index (χ1n) is 5.80. The van der Waals surface area contributed by atoms with E-state index in [4.69, 9.17) is 10.5 Å². The van der Waals surface area contributed by atoms with Gasteiger partial charge in [-0.25, -0.2) is 4.39 Å². The molecule has 2 atom stereocenters. The van der Waals surface area contributed by atoms with E-state index in [-0.39, 0.29) is 18.0 Å². The van der Waals surface area contributed by atoms with E-state index in [1.807, 2.05) is 6.07 Å². The summed E-state index contributed by atoms with van der Waals surface area (Å²) >= 11 is 0. The standard InChI is InChI=1S/C13H18FNO/c1-9-7-10(4-5-12(9)14)13(15)8-11-3-2-6-16-11/h4-5,7,11,13H,2-3,6,8,15H2,1H3. The maximum atomic E-state index is 13.1. The molecule has 0 bridgehead atoms. The van der Waals surface area contributed by atoms with Crippen LogP contribution < -0.4 is 5.73 Å². The zero-order valence-corrected chi connectivity index (χ0v) is 9.58. The summed E-state index contributed by atoms with van der Waals surface area (Å²) < 4.78 is 18.6. The Kier molecular flexibility index (Phi) is 3.56. The van der Waals surface area contributed by atoms with Crippen LogP contribution in [-0.4, -0.2) is 12.7 Å². The van der Waals surface area contributed by atoms with Gasteiger partial charge >= 0.3 is 0 Å². The molecule has 3 heteroatoms. The summed E-state index contributed by atoms with van der Waals surface area (Å²) in [5, 5.41) is 0. The number of benzene rings is 1. The second kappa shape index (κ2) is 4.93. The lowest BCUT2D eigenvalue weighted by atomic mass is 9.98. The van der Waals surface area contributed by atoms with Crippen LogP contribution in [0.2, 0.25) is 0 Å². The highest BCUT2D eigenvalue weighted by molar-refractivity contribution is 5.26. The molecule has 0 aliphatic carbocycles. The van der Waals surface area contributed by atoms with E-state index >= 15 is 0 Å². The summed E-state index contributed by atoms with van der Waals surface area (Å²) in [7, 11) is 0. The minimum atomic E-state index is -0.173. The average molecular weight is 223 g/mol. The van der Waals surface area contributed by atoms with Gasteiger partial charge in [-0.05, 0) is 43.4 Å². The van der Waals surface area contributed by atoms with Crippen LogP contribution in [0.25, 0.3) is 0 Å². The normalized spacial score (nSPS) is 22.3. The molecular formula is C13H18FNO. The zero-order valence-electron chi connectivity index (χ0n) is 9.58. The Balaban J connectivity index is 2.02. The van der Waals surface area contributed by atoms with Crippen molar-refractivity contribution in [3.63, 3.8) is 0 Å². The van der Waals surface area contributed by atoms with Gasteiger partial charge in [-0.2, -0.15) is 0 Å². The molecule has 1 aliphatic rings. The van der Waals surface area contributed by atoms with E-state index in [2.05, 4.69) is 0 Å². The molecule has 1 heterocycles. The third-order valence-corrected chi connectivity index (χ3v) is 3.15. The Morgan fingerprint density at radius 2 is 2.38 bits per heavy atom. The van der Waals surface area contributed by atoms with Crippen molar-refractivity contribution in [2.45, 2.75) is 38.3 Å². The highest BCUT2D eigenvalue weighted by Gasteiger charge is 2.19. The number of halogens is 1. The highest BCUT2D eigenvalue weighted by atomic mass is 19.1. The lowest BCUT2D eigenvalue weighted by molar-refractivity contribution is 0.0983. The molecule has 2 unspecified atom stereocenters. The molecule has 0 saturated carbocycles. The number of hydrogen-bond donors (Lipinski definition) is 1. The van der Waals surface area contributed by atoms with Crippen molar-refractivity contribution in [2.24, 2.45) is 5.73 Å². The van der Waals surface area contributed by atoms with Gasteiger partial charge in [0.15, 0.2) is 0 Å². The number of nitrogens with two attached hydrogens (primary N) is 1. The van der Waals surface area contributed by atoms with Crippen molar-refractivity contribution >= 4 is 0 Å². The Bertz CT molecular complexity index is 361. The minimum Gasteiger partial charge on any atom is -0.378 e. The average Bonchev–Trinajstić information content (AvgIpc) is 2.74. The van der Waals surface area contributed by atoms with Gasteiger partial charge in [-0.1, -0.05) is 12.1 Å². The molecule has 88 valence electrons. The highest BCUT2D eigenvalue weighted by Crippen LogP contribution is 2.24. The second-order valence-corrected chi connectivity index (χ2v) is 4.49. The van der Waals surface area contributed by atoms with Crippen LogP contribution in [0.15, 0.2) is 18.2 Å². The van der Waals surface area contributed by atoms with Crippen molar-refractivity contribution in [2.75, 3.05) is 6.61 Å². The van der Waals surface area contributed by atoms with Crippen molar-refractivity contribution in [3.8, 4) is 0 Å². The number of rotatable bonds is 3. The Morgan fingerprint density at radius 1 is 1.56 bits per heavy atom. The summed E-state index contributed by atoms with van der Waals surface area (Å²) in [5.41, 5.74) is 7.74. The van der Waals surface area contributed by atoms with Gasteiger partial charge in [0.1, 0.15) is 5.82 Å². The summed E-state index contributed by atoms with van der Waals surface area (Å²) in [6.07, 6.45) is 3.32. The first kappa shape index (κ1) is 11.6. The van der Waals surface area contributed by atoms with Crippen LogP contribution in [0.3, 0.4) is 0 Å². The van der Waals surface area contributed by atoms with Gasteiger partial charge in [0.05, 0.1) is 6.10 Å². The van der Waals surface area contributed by atoms with Crippen LogP contribution in [0.5, 0.6) is 0 Å². The van der Waals surface area contributed by atoms with Crippen molar-refractivity contribution in [1.29, 1.82) is 0 Å². The summed E-state index contributed by atoms with van der Waals surface area (Å²) in [5.74, 6) is -0.173. The van der Waals surface area contributed by atoms with Gasteiger partial charge < -0.3 is 10.5 Å². The SMILES string of the molecule is Cc1cc(C(N)CC2CCCO2)ccc1F. The number of ether oxygens (including phenoxy) is 1. The molecule has 2 N–H and O–H groups in total. The summed E-state index contributed by atoms with van der Waals surface area (Å²) in [4.78, 5) is 0. The lowest BCUT2D eigenvalue weighted by Gasteiger charge is -2.17. The fraction of sp³-hybridized carbons (Fsp3) is 0.538. The largest absolute Gasteiger partial charge is 0.378 e. The second-order valence-electron chi connectivity index (χ2n) is 4.49. The molecular weight excluding hydrogens is 205 g/mol. The Labute approximate surface area is 95.6 Å². The maximum absolute atomic E-state index is 13.1. The van der Waals surface area contributed by atoms with Crippen LogP contribution >= 0.6 is 0 Å². The molecule has 1 aromatic rings. The molecule has 2 nitrogen and oxygen atoms in total. The monoisotopic (exact) mass is 223 g/mol. The molecule has 2 rings (SSSR count). The number of hydrogen-bond acceptors (Lipinski definition) is 2. The molecule has 16 heavy (non-hydrogen) atoms. The first-order valence-corrected chi connectivity index (χ1v) is 5.80. The summed E-state index contributed by atoms with van der Waals surface area (Å²) in [6.45, 7) is 2.61. The first-order chi connectivity index (χ1) is 7.66. The van der Waals surface area contributed by atoms with E-state index in [1.54, 1.807) is 13.0 Å². The topological polar surface area (TPSA) is 35.2 Å². The van der Waals surface area contributed by atoms with Crippen LogP contribution in [0.4, 0.5) is 4.39 Å². The molecule has 1 saturated heterocycles. The zero-order chi connectivity index (χ0) is 11.5. The van der Waals surface area contributed by atoms with Crippen molar-refractivity contribution in [1.82, 2.24) is 0 Å². The molecule has 1 fully saturated rings. The van der Waals surface area contributed by atoms with Gasteiger partial charge in [0.2, 0.25) is 0 Å². The van der Waals surface area contributed by atoms with Gasteiger partial charge in [0, 0.05) is 12.6 Å². The predicted octanol–water partition coefficient (Wildman–Crippen LogP) is 2.70. The lowest BCUT2D eigenvalue weighted by Crippen LogP contribution is -2.18. The van der Waals surface area contributed by atoms with Crippen molar-refractivity contribution in [3.05, 3.63) is 35.1 Å². The van der Waals surface area contributed by atoms with Crippen LogP contribution in [0.1, 0.15) is 36.4 Å². The van der Waals surface area contributed by atoms with Gasteiger partial charge in [-0.15, -0.1) is 0 Å².